The van der Waals surface area contributed by atoms with Gasteiger partial charge in [-0.15, -0.1) is 0 Å². The minimum absolute atomic E-state index is 0. The molecule has 0 bridgehead atoms. The summed E-state index contributed by atoms with van der Waals surface area (Å²) in [7, 11) is 0. The zero-order valence-electron chi connectivity index (χ0n) is 3.30. The van der Waals surface area contributed by atoms with Crippen molar-refractivity contribution in [2.75, 3.05) is 12.5 Å². The first-order valence-electron chi connectivity index (χ1n) is 1.04. The fraction of sp³-hybridized carbons (Fsp3) is 1.00. The third kappa shape index (κ3) is 332. The lowest BCUT2D eigenvalue weighted by molar-refractivity contribution is 0.669. The molecule has 50 valence electrons. The summed E-state index contributed by atoms with van der Waals surface area (Å²) in [5, 5.41) is 0. The molecule has 0 aliphatic heterocycles. The summed E-state index contributed by atoms with van der Waals surface area (Å²) in [4.78, 5) is 0. The number of hydrogen-bond donors (Lipinski definition) is 2. The van der Waals surface area contributed by atoms with Crippen LogP contribution in [0, 0.1) is 0 Å². The van der Waals surface area contributed by atoms with E-state index in [0.29, 0.717) is 0 Å². The molecule has 3 heteroatoms. The molecule has 0 rings (SSSR count). The van der Waals surface area contributed by atoms with E-state index in [9.17, 15) is 0 Å². The molecule has 0 aliphatic carbocycles. The second-order valence-corrected chi connectivity index (χ2v) is 0.548. The maximum Gasteiger partial charge on any atom is 0.00795 e. The summed E-state index contributed by atoms with van der Waals surface area (Å²) in [5.41, 5.74) is 0. The van der Waals surface area contributed by atoms with Crippen LogP contribution in [0.3, 0.4) is 0 Å². The average molecular weight is 144 g/mol. The zero-order chi connectivity index (χ0) is 4.71. The Kier molecular flexibility index (Phi) is 281. The van der Waals surface area contributed by atoms with E-state index in [1.54, 1.807) is 12.5 Å². The van der Waals surface area contributed by atoms with E-state index in [2.05, 4.69) is 12.6 Å². The van der Waals surface area contributed by atoms with Crippen molar-refractivity contribution < 1.29 is 4.55 Å². The predicted molar refractivity (Wildman–Crippen MR) is 44.5 cm³/mol. The third-order valence-corrected chi connectivity index (χ3v) is 0. The summed E-state index contributed by atoms with van der Waals surface area (Å²) < 4.78 is 7.49. The van der Waals surface area contributed by atoms with Crippen molar-refractivity contribution in [2.45, 2.75) is 14.9 Å². The molecule has 0 saturated heterocycles. The van der Waals surface area contributed by atoms with Crippen LogP contribution >= 0.6 is 24.7 Å². The first-order chi connectivity index (χ1) is 2.41. The Morgan fingerprint density at radius 2 is 1.29 bits per heavy atom. The fourth-order valence-electron chi connectivity index (χ4n) is 0. The normalized spacial score (nSPS) is 3.43. The summed E-state index contributed by atoms with van der Waals surface area (Å²) >= 11 is 4.28. The van der Waals surface area contributed by atoms with Crippen LogP contribution in [0.5, 0.6) is 0 Å². The van der Waals surface area contributed by atoms with Crippen molar-refractivity contribution in [1.82, 2.24) is 0 Å². The fourth-order valence-corrected chi connectivity index (χ4v) is 0. The Balaban J connectivity index is -0.0000000105. The topological polar surface area (TPSA) is 20.2 Å². The molecular weight excluding hydrogens is 128 g/mol. The molecule has 0 unspecified atom stereocenters. The van der Waals surface area contributed by atoms with Gasteiger partial charge in [0.05, 0.1) is 0 Å². The van der Waals surface area contributed by atoms with Gasteiger partial charge in [0, 0.05) is 6.26 Å². The SMILES string of the molecule is C.C.CS.CSO. The highest BCUT2D eigenvalue weighted by Crippen LogP contribution is 1.68. The lowest BCUT2D eigenvalue weighted by Crippen LogP contribution is -1.28. The molecule has 0 fully saturated rings. The van der Waals surface area contributed by atoms with Crippen LogP contribution in [0.15, 0.2) is 0 Å². The van der Waals surface area contributed by atoms with E-state index in [-0.39, 0.29) is 14.9 Å². The molecule has 1 N–H and O–H groups in total. The Hall–Kier alpha value is 0.660. The highest BCUT2D eigenvalue weighted by Gasteiger charge is 1.34. The van der Waals surface area contributed by atoms with E-state index in [0.717, 1.165) is 12.0 Å². The zero-order valence-corrected chi connectivity index (χ0v) is 5.01. The molecule has 0 spiro atoms. The standard InChI is InChI=1S/CH4OS.CH4S.2CH4/c1-3-2;1-2;;/h2H,1H3;2H,1H3;2*1H4. The Morgan fingerprint density at radius 3 is 1.29 bits per heavy atom. The van der Waals surface area contributed by atoms with Gasteiger partial charge in [-0.2, -0.15) is 12.6 Å². The van der Waals surface area contributed by atoms with Crippen molar-refractivity contribution >= 4 is 24.7 Å². The molecule has 0 atom stereocenters. The second kappa shape index (κ2) is 77.4. The summed E-state index contributed by atoms with van der Waals surface area (Å²) in [6.07, 6.45) is 3.29. The average Bonchev–Trinajstić information content (AvgIpc) is 1.46. The minimum Gasteiger partial charge on any atom is -0.330 e. The van der Waals surface area contributed by atoms with Gasteiger partial charge in [-0.25, -0.2) is 0 Å². The van der Waals surface area contributed by atoms with Gasteiger partial charge in [0.25, 0.3) is 0 Å². The van der Waals surface area contributed by atoms with Gasteiger partial charge in [0.15, 0.2) is 0 Å². The monoisotopic (exact) mass is 144 g/mol. The molecule has 0 aromatic carbocycles. The van der Waals surface area contributed by atoms with Crippen molar-refractivity contribution in [2.24, 2.45) is 0 Å². The molecule has 0 heterocycles. The highest BCUT2D eigenvalue weighted by atomic mass is 32.2. The molecule has 1 nitrogen and oxygen atoms in total. The third-order valence-electron chi connectivity index (χ3n) is 0. The van der Waals surface area contributed by atoms with Crippen molar-refractivity contribution in [3.8, 4) is 0 Å². The molecule has 0 saturated carbocycles. The minimum atomic E-state index is 0. The van der Waals surface area contributed by atoms with E-state index >= 15 is 0 Å². The van der Waals surface area contributed by atoms with E-state index in [1.807, 2.05) is 0 Å². The van der Waals surface area contributed by atoms with Gasteiger partial charge in [0.1, 0.15) is 0 Å². The highest BCUT2D eigenvalue weighted by molar-refractivity contribution is 7.93. The number of hydrogen-bond acceptors (Lipinski definition) is 3. The van der Waals surface area contributed by atoms with Crippen molar-refractivity contribution in [1.29, 1.82) is 0 Å². The second-order valence-electron chi connectivity index (χ2n) is 0.183. The molecule has 0 aromatic rings. The van der Waals surface area contributed by atoms with Crippen LogP contribution in [0.1, 0.15) is 14.9 Å². The summed E-state index contributed by atoms with van der Waals surface area (Å²) in [5.74, 6) is 0. The Morgan fingerprint density at radius 1 is 1.29 bits per heavy atom. The largest absolute Gasteiger partial charge is 0.330 e. The number of thiol groups is 1. The van der Waals surface area contributed by atoms with E-state index < -0.39 is 0 Å². The maximum absolute atomic E-state index is 7.49. The molecule has 0 amide bonds. The predicted octanol–water partition coefficient (Wildman–Crippen LogP) is 2.64. The lowest BCUT2D eigenvalue weighted by Gasteiger charge is -1.52. The van der Waals surface area contributed by atoms with Crippen molar-refractivity contribution in [3.63, 3.8) is 0 Å². The molecule has 0 radical (unpaired) electrons. The van der Waals surface area contributed by atoms with E-state index in [1.165, 1.54) is 0 Å². The van der Waals surface area contributed by atoms with Crippen molar-refractivity contribution in [3.05, 3.63) is 0 Å². The first kappa shape index (κ1) is 25.4. The van der Waals surface area contributed by atoms with Crippen LogP contribution < -0.4 is 0 Å². The smallest absolute Gasteiger partial charge is 0.00795 e. The van der Waals surface area contributed by atoms with Gasteiger partial charge in [-0.1, -0.05) is 14.9 Å². The summed E-state index contributed by atoms with van der Waals surface area (Å²) in [6.45, 7) is 0. The molecular formula is C4H16OS2. The lowest BCUT2D eigenvalue weighted by atomic mass is 12.0. The molecule has 0 aromatic heterocycles. The van der Waals surface area contributed by atoms with E-state index in [4.69, 9.17) is 4.55 Å². The van der Waals surface area contributed by atoms with Gasteiger partial charge < -0.3 is 4.55 Å². The van der Waals surface area contributed by atoms with Gasteiger partial charge in [-0.05, 0) is 18.3 Å². The van der Waals surface area contributed by atoms with Gasteiger partial charge in [0.2, 0.25) is 0 Å². The first-order valence-corrected chi connectivity index (χ1v) is 3.11. The molecule has 0 aliphatic rings. The van der Waals surface area contributed by atoms with Crippen LogP contribution in [0.4, 0.5) is 0 Å². The quantitative estimate of drug-likeness (QED) is 0.402. The summed E-state index contributed by atoms with van der Waals surface area (Å²) in [6, 6.07) is 0. The van der Waals surface area contributed by atoms with Crippen LogP contribution in [0.25, 0.3) is 0 Å². The van der Waals surface area contributed by atoms with Gasteiger partial charge >= 0.3 is 0 Å². The Bertz CT molecular complexity index is 9.65. The van der Waals surface area contributed by atoms with Gasteiger partial charge in [-0.3, -0.25) is 0 Å². The van der Waals surface area contributed by atoms with Crippen LogP contribution in [-0.2, 0) is 0 Å². The number of rotatable bonds is 0. The van der Waals surface area contributed by atoms with Crippen LogP contribution in [0.2, 0.25) is 0 Å². The Labute approximate surface area is 57.1 Å². The maximum atomic E-state index is 7.49. The van der Waals surface area contributed by atoms with Crippen LogP contribution in [-0.4, -0.2) is 17.1 Å². The molecule has 7 heavy (non-hydrogen) atoms.